The smallest absolute Gasteiger partial charge is 0.123 e. The molecule has 1 heteroatoms. The molecule has 0 aromatic rings. The summed E-state index contributed by atoms with van der Waals surface area (Å²) < 4.78 is 20.2. The summed E-state index contributed by atoms with van der Waals surface area (Å²) in [5.41, 5.74) is 0. The molecule has 0 spiro atoms. The number of hydrogen-bond acceptors (Lipinski definition) is 1. The highest BCUT2D eigenvalue weighted by atomic mass is 16.1. The van der Waals surface area contributed by atoms with E-state index >= 15 is 0 Å². The first-order valence-corrected chi connectivity index (χ1v) is 1.49. The third-order valence-corrected chi connectivity index (χ3v) is 0.521. The molecule has 28 valence electrons. The summed E-state index contributed by atoms with van der Waals surface area (Å²) in [5, 5.41) is 0. The van der Waals surface area contributed by atoms with Crippen molar-refractivity contribution in [1.82, 2.24) is 0 Å². The number of aldehydes is 1. The third kappa shape index (κ3) is 0.469. The molecule has 1 saturated carbocycles. The van der Waals surface area contributed by atoms with Gasteiger partial charge >= 0.3 is 0 Å². The monoisotopic (exact) mass is 73.1 g/mol. The molecule has 1 unspecified atom stereocenters. The predicted octanol–water partition coefficient (Wildman–Crippen LogP) is 0.595. The number of hydrogen-bond donors (Lipinski definition) is 0. The lowest BCUT2D eigenvalue weighted by molar-refractivity contribution is -0.108. The van der Waals surface area contributed by atoms with Crippen molar-refractivity contribution in [2.24, 2.45) is 5.92 Å². The second kappa shape index (κ2) is 0.814. The van der Waals surface area contributed by atoms with Gasteiger partial charge in [0.1, 0.15) is 7.63 Å². The molecule has 1 fully saturated rings. The molecule has 0 radical (unpaired) electrons. The van der Waals surface area contributed by atoms with Crippen molar-refractivity contribution in [3.8, 4) is 0 Å². The standard InChI is InChI=1S/C4H6O/c5-3-4-1-2-4/h3-4H,1-2H2/i1D,2D,3D/t1-,2+,4?. The molecule has 0 heterocycles. The van der Waals surface area contributed by atoms with Crippen molar-refractivity contribution in [1.29, 1.82) is 0 Å². The van der Waals surface area contributed by atoms with Gasteiger partial charge in [0.2, 0.25) is 0 Å². The third-order valence-electron chi connectivity index (χ3n) is 0.521. The highest BCUT2D eigenvalue weighted by Crippen LogP contribution is 2.25. The summed E-state index contributed by atoms with van der Waals surface area (Å²) >= 11 is 0. The van der Waals surface area contributed by atoms with E-state index in [9.17, 15) is 4.79 Å². The Labute approximate surface area is 35.2 Å². The average molecular weight is 73.1 g/mol. The average Bonchev–Trinajstić information content (AvgIpc) is 2.15. The van der Waals surface area contributed by atoms with Crippen molar-refractivity contribution in [2.75, 3.05) is 0 Å². The van der Waals surface area contributed by atoms with Crippen molar-refractivity contribution in [3.05, 3.63) is 0 Å². The van der Waals surface area contributed by atoms with Gasteiger partial charge in [0.15, 0.2) is 0 Å². The quantitative estimate of drug-likeness (QED) is 0.415. The molecule has 5 heavy (non-hydrogen) atoms. The fourth-order valence-corrected chi connectivity index (χ4v) is 0.134. The van der Waals surface area contributed by atoms with Crippen molar-refractivity contribution >= 4 is 6.26 Å². The SMILES string of the molecule is [2H]C(=O)C1[C@@H]([2H])[C@H]1[2H]. The lowest BCUT2D eigenvalue weighted by Gasteiger charge is -1.56. The lowest BCUT2D eigenvalue weighted by Crippen LogP contribution is -1.66. The zero-order valence-electron chi connectivity index (χ0n) is 5.64. The molecule has 1 aliphatic carbocycles. The molecule has 0 saturated heterocycles. The van der Waals surface area contributed by atoms with E-state index in [-0.39, 0.29) is 0 Å². The van der Waals surface area contributed by atoms with Gasteiger partial charge < -0.3 is 4.79 Å². The van der Waals surface area contributed by atoms with E-state index in [0.29, 0.717) is 0 Å². The van der Waals surface area contributed by atoms with Crippen molar-refractivity contribution in [2.45, 2.75) is 12.8 Å². The zero-order valence-corrected chi connectivity index (χ0v) is 2.64. The van der Waals surface area contributed by atoms with Gasteiger partial charge in [0.05, 0.1) is 0 Å². The maximum Gasteiger partial charge on any atom is 0.123 e. The number of carbonyl (C=O) groups excluding carboxylic acids is 1. The fraction of sp³-hybridized carbons (Fsp3) is 0.750. The Morgan fingerprint density at radius 2 is 2.80 bits per heavy atom. The van der Waals surface area contributed by atoms with Gasteiger partial charge in [-0.1, -0.05) is 0 Å². The summed E-state index contributed by atoms with van der Waals surface area (Å²) in [5.74, 6) is -0.602. The Morgan fingerprint density at radius 3 is 2.80 bits per heavy atom. The van der Waals surface area contributed by atoms with Crippen LogP contribution in [0, 0.1) is 5.92 Å². The minimum Gasteiger partial charge on any atom is -0.303 e. The minimum absolute atomic E-state index is 0.602. The van der Waals surface area contributed by atoms with Gasteiger partial charge in [-0.2, -0.15) is 0 Å². The molecular weight excluding hydrogens is 64.0 g/mol. The summed E-state index contributed by atoms with van der Waals surface area (Å²) in [6.07, 6.45) is -1.98. The molecule has 0 aromatic heterocycles. The summed E-state index contributed by atoms with van der Waals surface area (Å²) in [4.78, 5) is 10.1. The van der Waals surface area contributed by atoms with E-state index in [1.54, 1.807) is 0 Å². The van der Waals surface area contributed by atoms with E-state index in [1.165, 1.54) is 0 Å². The molecule has 3 atom stereocenters. The van der Waals surface area contributed by atoms with Crippen LogP contribution in [0.4, 0.5) is 0 Å². The first-order chi connectivity index (χ1) is 3.64. The highest BCUT2D eigenvalue weighted by molar-refractivity contribution is 5.56. The van der Waals surface area contributed by atoms with Crippen LogP contribution in [0.2, 0.25) is 0 Å². The highest BCUT2D eigenvalue weighted by Gasteiger charge is 2.18. The van der Waals surface area contributed by atoms with Gasteiger partial charge in [-0.05, 0) is 12.8 Å². The van der Waals surface area contributed by atoms with Gasteiger partial charge in [-0.15, -0.1) is 0 Å². The van der Waals surface area contributed by atoms with Crippen LogP contribution in [0.1, 0.15) is 16.9 Å². The number of rotatable bonds is 1. The van der Waals surface area contributed by atoms with E-state index in [0.717, 1.165) is 0 Å². The van der Waals surface area contributed by atoms with Gasteiger partial charge in [-0.25, -0.2) is 0 Å². The van der Waals surface area contributed by atoms with Crippen LogP contribution in [-0.4, -0.2) is 6.26 Å². The van der Waals surface area contributed by atoms with Crippen LogP contribution in [0.5, 0.6) is 0 Å². The van der Waals surface area contributed by atoms with E-state index < -0.39 is 25.0 Å². The molecule has 1 nitrogen and oxygen atoms in total. The van der Waals surface area contributed by atoms with Gasteiger partial charge in [0.25, 0.3) is 0 Å². The fourth-order valence-electron chi connectivity index (χ4n) is 0.134. The van der Waals surface area contributed by atoms with Crippen LogP contribution in [0.25, 0.3) is 0 Å². The van der Waals surface area contributed by atoms with Crippen molar-refractivity contribution in [3.63, 3.8) is 0 Å². The summed E-state index contributed by atoms with van der Waals surface area (Å²) in [6.45, 7) is 0. The largest absolute Gasteiger partial charge is 0.303 e. The second-order valence-corrected chi connectivity index (χ2v) is 1.03. The Bertz CT molecular complexity index is 116. The predicted molar refractivity (Wildman–Crippen MR) is 18.8 cm³/mol. The van der Waals surface area contributed by atoms with E-state index in [4.69, 9.17) is 4.11 Å². The van der Waals surface area contributed by atoms with Crippen LogP contribution < -0.4 is 0 Å². The molecule has 0 aromatic carbocycles. The Morgan fingerprint density at radius 1 is 2.20 bits per heavy atom. The molecule has 1 aliphatic rings. The molecule has 0 N–H and O–H groups in total. The van der Waals surface area contributed by atoms with Gasteiger partial charge in [0, 0.05) is 8.66 Å². The topological polar surface area (TPSA) is 17.1 Å². The minimum atomic E-state index is -0.759. The first kappa shape index (κ1) is 1.07. The molecule has 0 aliphatic heterocycles. The molecule has 0 bridgehead atoms. The zero-order chi connectivity index (χ0) is 6.31. The molecule has 0 amide bonds. The Balaban J connectivity index is 2.44. The lowest BCUT2D eigenvalue weighted by atomic mass is 10.5. The van der Waals surface area contributed by atoms with E-state index in [1.807, 2.05) is 0 Å². The molecule has 1 rings (SSSR count). The summed E-state index contributed by atoms with van der Waals surface area (Å²) in [7, 11) is 0. The molecular formula is C4H6O. The maximum absolute atomic E-state index is 10.1. The Hall–Kier alpha value is -0.330. The normalized spacial score (nSPS) is 71.2. The van der Waals surface area contributed by atoms with Crippen LogP contribution >= 0.6 is 0 Å². The van der Waals surface area contributed by atoms with Crippen LogP contribution in [-0.2, 0) is 4.79 Å². The second-order valence-electron chi connectivity index (χ2n) is 1.03. The van der Waals surface area contributed by atoms with Crippen molar-refractivity contribution < 1.29 is 8.91 Å². The van der Waals surface area contributed by atoms with Crippen LogP contribution in [0.3, 0.4) is 0 Å². The van der Waals surface area contributed by atoms with E-state index in [2.05, 4.69) is 0 Å². The maximum atomic E-state index is 10.1. The first-order valence-electron chi connectivity index (χ1n) is 3.15. The Kier molecular flexibility index (Phi) is 0.174. The number of carbonyl (C=O) groups is 1. The summed E-state index contributed by atoms with van der Waals surface area (Å²) in [6, 6.07) is 0. The van der Waals surface area contributed by atoms with Crippen LogP contribution in [0.15, 0.2) is 0 Å². The van der Waals surface area contributed by atoms with Gasteiger partial charge in [-0.3, -0.25) is 0 Å².